The molecule has 0 radical (unpaired) electrons. The van der Waals surface area contributed by atoms with Crippen molar-refractivity contribution >= 4 is 21.7 Å². The van der Waals surface area contributed by atoms with Crippen molar-refractivity contribution in [3.8, 4) is 17.3 Å². The minimum absolute atomic E-state index is 0.312. The molecule has 18 heavy (non-hydrogen) atoms. The fourth-order valence-electron chi connectivity index (χ4n) is 1.59. The standard InChI is InChI=1S/C13H9BrFN3/c1-17-13-8(7-16)2-5-12(18-13)10-4-3-9(15)6-11(10)14/h2-6H,1H3,(H,17,18). The Bertz CT molecular complexity index is 635. The average molecular weight is 306 g/mol. The molecule has 0 saturated carbocycles. The molecule has 0 atom stereocenters. The molecule has 0 saturated heterocycles. The zero-order chi connectivity index (χ0) is 13.1. The molecule has 1 heterocycles. The molecule has 90 valence electrons. The minimum Gasteiger partial charge on any atom is -0.372 e. The highest BCUT2D eigenvalue weighted by molar-refractivity contribution is 9.10. The van der Waals surface area contributed by atoms with Crippen LogP contribution in [0.4, 0.5) is 10.2 Å². The Morgan fingerprint density at radius 1 is 1.33 bits per heavy atom. The highest BCUT2D eigenvalue weighted by Crippen LogP contribution is 2.29. The van der Waals surface area contributed by atoms with Gasteiger partial charge in [0, 0.05) is 17.1 Å². The molecule has 5 heteroatoms. The number of nitrogens with zero attached hydrogens (tertiary/aromatic N) is 2. The van der Waals surface area contributed by atoms with Gasteiger partial charge in [0.25, 0.3) is 0 Å². The summed E-state index contributed by atoms with van der Waals surface area (Å²) < 4.78 is 13.6. The fourth-order valence-corrected chi connectivity index (χ4v) is 2.14. The van der Waals surface area contributed by atoms with E-state index in [0.29, 0.717) is 21.5 Å². The number of aromatic nitrogens is 1. The number of halogens is 2. The van der Waals surface area contributed by atoms with Crippen LogP contribution < -0.4 is 5.32 Å². The lowest BCUT2D eigenvalue weighted by Crippen LogP contribution is -1.97. The van der Waals surface area contributed by atoms with Gasteiger partial charge in [0.1, 0.15) is 17.7 Å². The second kappa shape index (κ2) is 5.15. The van der Waals surface area contributed by atoms with E-state index < -0.39 is 0 Å². The largest absolute Gasteiger partial charge is 0.372 e. The third kappa shape index (κ3) is 2.34. The topological polar surface area (TPSA) is 48.7 Å². The maximum atomic E-state index is 13.0. The first-order valence-electron chi connectivity index (χ1n) is 5.20. The SMILES string of the molecule is CNc1nc(-c2ccc(F)cc2Br)ccc1C#N. The number of anilines is 1. The summed E-state index contributed by atoms with van der Waals surface area (Å²) in [5.41, 5.74) is 1.92. The lowest BCUT2D eigenvalue weighted by molar-refractivity contribution is 0.627. The van der Waals surface area contributed by atoms with E-state index in [0.717, 1.165) is 5.56 Å². The molecule has 0 spiro atoms. The molecule has 0 aliphatic heterocycles. The third-order valence-electron chi connectivity index (χ3n) is 2.46. The Hall–Kier alpha value is -1.93. The first-order valence-corrected chi connectivity index (χ1v) is 5.99. The molecule has 3 nitrogen and oxygen atoms in total. The van der Waals surface area contributed by atoms with Gasteiger partial charge in [-0.2, -0.15) is 5.26 Å². The molecular formula is C13H9BrFN3. The zero-order valence-corrected chi connectivity index (χ0v) is 11.1. The van der Waals surface area contributed by atoms with Gasteiger partial charge in [0.2, 0.25) is 0 Å². The van der Waals surface area contributed by atoms with Crippen LogP contribution in [0.25, 0.3) is 11.3 Å². The number of hydrogen-bond donors (Lipinski definition) is 1. The summed E-state index contributed by atoms with van der Waals surface area (Å²) in [6.45, 7) is 0. The summed E-state index contributed by atoms with van der Waals surface area (Å²) in [7, 11) is 1.70. The van der Waals surface area contributed by atoms with Gasteiger partial charge in [0.15, 0.2) is 0 Å². The van der Waals surface area contributed by atoms with Gasteiger partial charge >= 0.3 is 0 Å². The number of nitriles is 1. The van der Waals surface area contributed by atoms with Crippen molar-refractivity contribution in [1.82, 2.24) is 4.98 Å². The van der Waals surface area contributed by atoms with Crippen molar-refractivity contribution in [2.75, 3.05) is 12.4 Å². The molecule has 2 rings (SSSR count). The molecule has 0 aliphatic rings. The van der Waals surface area contributed by atoms with E-state index in [1.807, 2.05) is 0 Å². The summed E-state index contributed by atoms with van der Waals surface area (Å²) in [6.07, 6.45) is 0. The Balaban J connectivity index is 2.55. The van der Waals surface area contributed by atoms with Crippen molar-refractivity contribution in [3.63, 3.8) is 0 Å². The quantitative estimate of drug-likeness (QED) is 0.923. The summed E-state index contributed by atoms with van der Waals surface area (Å²) in [5, 5.41) is 11.8. The highest BCUT2D eigenvalue weighted by atomic mass is 79.9. The minimum atomic E-state index is -0.312. The number of hydrogen-bond acceptors (Lipinski definition) is 3. The predicted molar refractivity (Wildman–Crippen MR) is 71.6 cm³/mol. The number of rotatable bonds is 2. The van der Waals surface area contributed by atoms with E-state index in [1.165, 1.54) is 12.1 Å². The number of benzene rings is 1. The summed E-state index contributed by atoms with van der Waals surface area (Å²) in [6, 6.07) is 9.87. The maximum Gasteiger partial charge on any atom is 0.144 e. The first kappa shape index (κ1) is 12.5. The summed E-state index contributed by atoms with van der Waals surface area (Å²) in [5.74, 6) is 0.194. The Labute approximate surface area is 112 Å². The molecule has 0 fully saturated rings. The van der Waals surface area contributed by atoms with Gasteiger partial charge in [-0.15, -0.1) is 0 Å². The van der Waals surface area contributed by atoms with Gasteiger partial charge < -0.3 is 5.32 Å². The summed E-state index contributed by atoms with van der Waals surface area (Å²) in [4.78, 5) is 4.34. The normalized spacial score (nSPS) is 9.89. The Morgan fingerprint density at radius 3 is 2.72 bits per heavy atom. The zero-order valence-electron chi connectivity index (χ0n) is 9.54. The van der Waals surface area contributed by atoms with E-state index in [2.05, 4.69) is 32.3 Å². The average Bonchev–Trinajstić information content (AvgIpc) is 2.38. The van der Waals surface area contributed by atoms with Crippen LogP contribution in [0.5, 0.6) is 0 Å². The molecule has 0 aliphatic carbocycles. The van der Waals surface area contributed by atoms with Crippen molar-refractivity contribution in [1.29, 1.82) is 5.26 Å². The summed E-state index contributed by atoms with van der Waals surface area (Å²) >= 11 is 3.30. The van der Waals surface area contributed by atoms with Crippen LogP contribution in [0.2, 0.25) is 0 Å². The van der Waals surface area contributed by atoms with Gasteiger partial charge in [-0.25, -0.2) is 9.37 Å². The third-order valence-corrected chi connectivity index (χ3v) is 3.12. The van der Waals surface area contributed by atoms with Gasteiger partial charge in [0.05, 0.1) is 11.3 Å². The number of pyridine rings is 1. The molecule has 0 bridgehead atoms. The Kier molecular flexibility index (Phi) is 3.58. The molecule has 1 N–H and O–H groups in total. The molecule has 1 aromatic heterocycles. The van der Waals surface area contributed by atoms with Gasteiger partial charge in [-0.1, -0.05) is 0 Å². The molecule has 0 unspecified atom stereocenters. The van der Waals surface area contributed by atoms with E-state index in [9.17, 15) is 4.39 Å². The highest BCUT2D eigenvalue weighted by Gasteiger charge is 2.09. The van der Waals surface area contributed by atoms with Crippen LogP contribution >= 0.6 is 15.9 Å². The maximum absolute atomic E-state index is 13.0. The van der Waals surface area contributed by atoms with E-state index in [-0.39, 0.29) is 5.82 Å². The second-order valence-corrected chi connectivity index (χ2v) is 4.43. The monoisotopic (exact) mass is 305 g/mol. The lowest BCUT2D eigenvalue weighted by Gasteiger charge is -2.07. The molecule has 2 aromatic rings. The van der Waals surface area contributed by atoms with Crippen LogP contribution in [0.15, 0.2) is 34.8 Å². The van der Waals surface area contributed by atoms with Crippen LogP contribution in [0.1, 0.15) is 5.56 Å². The fraction of sp³-hybridized carbons (Fsp3) is 0.0769. The smallest absolute Gasteiger partial charge is 0.144 e. The van der Waals surface area contributed by atoms with Crippen LogP contribution in [0.3, 0.4) is 0 Å². The van der Waals surface area contributed by atoms with Crippen LogP contribution in [0, 0.1) is 17.1 Å². The van der Waals surface area contributed by atoms with Crippen molar-refractivity contribution in [2.45, 2.75) is 0 Å². The van der Waals surface area contributed by atoms with E-state index >= 15 is 0 Å². The van der Waals surface area contributed by atoms with E-state index in [4.69, 9.17) is 5.26 Å². The van der Waals surface area contributed by atoms with Crippen molar-refractivity contribution in [3.05, 3.63) is 46.2 Å². The molecule has 1 aromatic carbocycles. The van der Waals surface area contributed by atoms with Crippen LogP contribution in [-0.4, -0.2) is 12.0 Å². The van der Waals surface area contributed by atoms with E-state index in [1.54, 1.807) is 25.2 Å². The van der Waals surface area contributed by atoms with Crippen LogP contribution in [-0.2, 0) is 0 Å². The lowest BCUT2D eigenvalue weighted by atomic mass is 10.1. The second-order valence-electron chi connectivity index (χ2n) is 3.58. The van der Waals surface area contributed by atoms with Crippen molar-refractivity contribution in [2.24, 2.45) is 0 Å². The van der Waals surface area contributed by atoms with Crippen molar-refractivity contribution < 1.29 is 4.39 Å². The van der Waals surface area contributed by atoms with Gasteiger partial charge in [-0.3, -0.25) is 0 Å². The van der Waals surface area contributed by atoms with Gasteiger partial charge in [-0.05, 0) is 46.3 Å². The Morgan fingerprint density at radius 2 is 2.11 bits per heavy atom. The molecule has 0 amide bonds. The predicted octanol–water partition coefficient (Wildman–Crippen LogP) is 3.56. The molecular weight excluding hydrogens is 297 g/mol. The first-order chi connectivity index (χ1) is 8.65. The number of nitrogens with one attached hydrogen (secondary N) is 1.